The average Bonchev–Trinajstić information content (AvgIpc) is 2.03. The van der Waals surface area contributed by atoms with Crippen LogP contribution < -0.4 is 10.6 Å². The molecule has 0 aliphatic carbocycles. The first-order valence-corrected chi connectivity index (χ1v) is 3.83. The fraction of sp³-hybridized carbons (Fsp3) is 0.222. The topological polar surface area (TPSA) is 66.6 Å². The lowest BCUT2D eigenvalue weighted by Crippen LogP contribution is -2.13. The van der Waals surface area contributed by atoms with Crippen molar-refractivity contribution in [1.82, 2.24) is 0 Å². The van der Waals surface area contributed by atoms with E-state index in [9.17, 15) is 4.79 Å². The van der Waals surface area contributed by atoms with Crippen LogP contribution in [0.1, 0.15) is 10.4 Å². The molecule has 70 valence electrons. The van der Waals surface area contributed by atoms with E-state index in [4.69, 9.17) is 10.8 Å². The van der Waals surface area contributed by atoms with Crippen LogP contribution in [0.15, 0.2) is 18.2 Å². The third-order valence-corrected chi connectivity index (χ3v) is 1.80. The lowest BCUT2D eigenvalue weighted by Gasteiger charge is -2.15. The van der Waals surface area contributed by atoms with Gasteiger partial charge in [0.2, 0.25) is 0 Å². The molecule has 0 fully saturated rings. The average molecular weight is 180 g/mol. The minimum Gasteiger partial charge on any atom is -0.478 e. The molecule has 0 aliphatic rings. The van der Waals surface area contributed by atoms with Crippen LogP contribution in [-0.2, 0) is 0 Å². The second kappa shape index (κ2) is 3.35. The fourth-order valence-corrected chi connectivity index (χ4v) is 1.13. The molecule has 0 atom stereocenters. The molecule has 0 amide bonds. The smallest absolute Gasteiger partial charge is 0.337 e. The molecule has 4 heteroatoms. The van der Waals surface area contributed by atoms with Crippen molar-refractivity contribution in [2.24, 2.45) is 0 Å². The highest BCUT2D eigenvalue weighted by molar-refractivity contribution is 5.97. The lowest BCUT2D eigenvalue weighted by molar-refractivity contribution is 0.0698. The summed E-state index contributed by atoms with van der Waals surface area (Å²) in [5.74, 6) is -0.999. The first kappa shape index (κ1) is 9.38. The van der Waals surface area contributed by atoms with Gasteiger partial charge < -0.3 is 15.7 Å². The third-order valence-electron chi connectivity index (χ3n) is 1.80. The Kier molecular flexibility index (Phi) is 2.41. The molecule has 4 nitrogen and oxygen atoms in total. The highest BCUT2D eigenvalue weighted by Gasteiger charge is 2.11. The number of nitrogens with zero attached hydrogens (tertiary/aromatic N) is 1. The summed E-state index contributed by atoms with van der Waals surface area (Å²) in [6.45, 7) is 0. The zero-order valence-electron chi connectivity index (χ0n) is 7.61. The second-order valence-electron chi connectivity index (χ2n) is 2.94. The minimum absolute atomic E-state index is 0.145. The number of carboxylic acid groups (broad SMARTS) is 1. The van der Waals surface area contributed by atoms with Gasteiger partial charge in [0.15, 0.2) is 0 Å². The van der Waals surface area contributed by atoms with Gasteiger partial charge in [-0.1, -0.05) is 6.07 Å². The van der Waals surface area contributed by atoms with Gasteiger partial charge in [-0.25, -0.2) is 4.79 Å². The summed E-state index contributed by atoms with van der Waals surface area (Å²) in [5.41, 5.74) is 6.84. The quantitative estimate of drug-likeness (QED) is 0.667. The van der Waals surface area contributed by atoms with Crippen molar-refractivity contribution in [1.29, 1.82) is 0 Å². The summed E-state index contributed by atoms with van der Waals surface area (Å²) >= 11 is 0. The highest BCUT2D eigenvalue weighted by Crippen LogP contribution is 2.24. The molecule has 0 aromatic heterocycles. The number of nitrogens with two attached hydrogens (primary N) is 1. The Morgan fingerprint density at radius 1 is 1.46 bits per heavy atom. The zero-order valence-corrected chi connectivity index (χ0v) is 7.61. The Morgan fingerprint density at radius 3 is 2.54 bits per heavy atom. The van der Waals surface area contributed by atoms with Crippen LogP contribution in [0.2, 0.25) is 0 Å². The van der Waals surface area contributed by atoms with Gasteiger partial charge in [-0.15, -0.1) is 0 Å². The maximum Gasteiger partial charge on any atom is 0.337 e. The lowest BCUT2D eigenvalue weighted by atomic mass is 10.1. The molecule has 0 spiro atoms. The second-order valence-corrected chi connectivity index (χ2v) is 2.94. The highest BCUT2D eigenvalue weighted by atomic mass is 16.4. The molecule has 13 heavy (non-hydrogen) atoms. The maximum absolute atomic E-state index is 10.7. The summed E-state index contributed by atoms with van der Waals surface area (Å²) in [5, 5.41) is 8.77. The van der Waals surface area contributed by atoms with Crippen LogP contribution in [0.3, 0.4) is 0 Å². The Hall–Kier alpha value is -1.71. The molecule has 0 saturated heterocycles. The van der Waals surface area contributed by atoms with Crippen molar-refractivity contribution in [3.8, 4) is 0 Å². The predicted molar refractivity (Wildman–Crippen MR) is 52.1 cm³/mol. The van der Waals surface area contributed by atoms with Crippen molar-refractivity contribution < 1.29 is 9.90 Å². The third kappa shape index (κ3) is 1.72. The van der Waals surface area contributed by atoms with Gasteiger partial charge in [0.1, 0.15) is 0 Å². The van der Waals surface area contributed by atoms with E-state index < -0.39 is 5.97 Å². The first-order chi connectivity index (χ1) is 6.04. The summed E-state index contributed by atoms with van der Waals surface area (Å²) < 4.78 is 0. The van der Waals surface area contributed by atoms with E-state index in [0.717, 1.165) is 5.69 Å². The number of hydrogen-bond donors (Lipinski definition) is 2. The Bertz CT molecular complexity index is 334. The molecule has 0 radical (unpaired) electrons. The molecule has 0 heterocycles. The number of rotatable bonds is 2. The van der Waals surface area contributed by atoms with Gasteiger partial charge >= 0.3 is 5.97 Å². The number of para-hydroxylation sites is 1. The molecule has 0 saturated carbocycles. The summed E-state index contributed by atoms with van der Waals surface area (Å²) in [7, 11) is 3.63. The molecular formula is C9H12N2O2. The molecule has 3 N–H and O–H groups in total. The van der Waals surface area contributed by atoms with Gasteiger partial charge in [0.05, 0.1) is 16.9 Å². The number of carboxylic acids is 1. The van der Waals surface area contributed by atoms with Gasteiger partial charge in [0, 0.05) is 14.1 Å². The van der Waals surface area contributed by atoms with Crippen LogP contribution in [-0.4, -0.2) is 25.2 Å². The van der Waals surface area contributed by atoms with Crippen LogP contribution in [0.4, 0.5) is 11.4 Å². The normalized spacial score (nSPS) is 9.69. The van der Waals surface area contributed by atoms with Gasteiger partial charge in [0.25, 0.3) is 0 Å². The molecule has 1 rings (SSSR count). The fourth-order valence-electron chi connectivity index (χ4n) is 1.13. The molecule has 0 unspecified atom stereocenters. The number of benzene rings is 1. The summed E-state index contributed by atoms with van der Waals surface area (Å²) in [4.78, 5) is 12.5. The maximum atomic E-state index is 10.7. The van der Waals surface area contributed by atoms with E-state index in [1.165, 1.54) is 6.07 Å². The Balaban J connectivity index is 3.26. The van der Waals surface area contributed by atoms with Crippen molar-refractivity contribution in [3.63, 3.8) is 0 Å². The van der Waals surface area contributed by atoms with Crippen molar-refractivity contribution in [2.45, 2.75) is 0 Å². The first-order valence-electron chi connectivity index (χ1n) is 3.83. The number of hydrogen-bond acceptors (Lipinski definition) is 3. The summed E-state index contributed by atoms with van der Waals surface area (Å²) in [6.07, 6.45) is 0. The van der Waals surface area contributed by atoms with Crippen molar-refractivity contribution >= 4 is 17.3 Å². The predicted octanol–water partition coefficient (Wildman–Crippen LogP) is 1.03. The number of aromatic carboxylic acids is 1. The van der Waals surface area contributed by atoms with Crippen molar-refractivity contribution in [3.05, 3.63) is 23.8 Å². The van der Waals surface area contributed by atoms with Crippen LogP contribution >= 0.6 is 0 Å². The van der Waals surface area contributed by atoms with E-state index in [1.54, 1.807) is 17.0 Å². The van der Waals surface area contributed by atoms with Crippen LogP contribution in [0.25, 0.3) is 0 Å². The van der Waals surface area contributed by atoms with E-state index in [2.05, 4.69) is 0 Å². The van der Waals surface area contributed by atoms with E-state index in [1.807, 2.05) is 14.1 Å². The van der Waals surface area contributed by atoms with Crippen molar-refractivity contribution in [2.75, 3.05) is 24.7 Å². The van der Waals surface area contributed by atoms with Gasteiger partial charge in [-0.2, -0.15) is 0 Å². The molecular weight excluding hydrogens is 168 g/mol. The van der Waals surface area contributed by atoms with E-state index in [0.29, 0.717) is 5.69 Å². The van der Waals surface area contributed by atoms with Gasteiger partial charge in [-0.3, -0.25) is 0 Å². The van der Waals surface area contributed by atoms with Crippen LogP contribution in [0, 0.1) is 0 Å². The Morgan fingerprint density at radius 2 is 2.08 bits per heavy atom. The van der Waals surface area contributed by atoms with E-state index in [-0.39, 0.29) is 5.56 Å². The SMILES string of the molecule is CN(C)c1cccc(C(=O)O)c1N. The Labute approximate surface area is 76.6 Å². The number of carbonyl (C=O) groups is 1. The summed E-state index contributed by atoms with van der Waals surface area (Å²) in [6, 6.07) is 4.95. The molecule has 0 aliphatic heterocycles. The zero-order chi connectivity index (χ0) is 10.0. The monoisotopic (exact) mass is 180 g/mol. The van der Waals surface area contributed by atoms with E-state index >= 15 is 0 Å². The standard InChI is InChI=1S/C9H12N2O2/c1-11(2)7-5-3-4-6(8(7)10)9(12)13/h3-5H,10H2,1-2H3,(H,12,13). The van der Waals surface area contributed by atoms with Gasteiger partial charge in [-0.05, 0) is 12.1 Å². The molecule has 1 aromatic rings. The number of nitrogen functional groups attached to an aromatic ring is 1. The largest absolute Gasteiger partial charge is 0.478 e. The van der Waals surface area contributed by atoms with Crippen LogP contribution in [0.5, 0.6) is 0 Å². The molecule has 0 bridgehead atoms. The minimum atomic E-state index is -0.999. The molecule has 1 aromatic carbocycles. The number of anilines is 2.